The third-order valence-electron chi connectivity index (χ3n) is 4.47. The van der Waals surface area contributed by atoms with E-state index < -0.39 is 10.0 Å². The summed E-state index contributed by atoms with van der Waals surface area (Å²) in [6.07, 6.45) is 2.80. The monoisotopic (exact) mass is 350 g/mol. The van der Waals surface area contributed by atoms with Gasteiger partial charge in [0.25, 0.3) is 0 Å². The minimum Gasteiger partial charge on any atom is -0.343 e. The van der Waals surface area contributed by atoms with E-state index in [1.165, 1.54) is 9.71 Å². The van der Waals surface area contributed by atoms with E-state index in [9.17, 15) is 13.2 Å². The average molecular weight is 350 g/mol. The van der Waals surface area contributed by atoms with Crippen LogP contribution in [0.5, 0.6) is 0 Å². The molecule has 24 heavy (non-hydrogen) atoms. The molecule has 6 heteroatoms. The molecule has 1 aromatic carbocycles. The topological polar surface area (TPSA) is 57.7 Å². The molecular formula is C18H26N2O3S. The normalized spacial score (nSPS) is 17.2. The van der Waals surface area contributed by atoms with Crippen molar-refractivity contribution in [1.29, 1.82) is 0 Å². The van der Waals surface area contributed by atoms with E-state index in [0.29, 0.717) is 39.0 Å². The number of nitrogens with zero attached hydrogens (tertiary/aromatic N) is 2. The fourth-order valence-corrected chi connectivity index (χ4v) is 4.19. The van der Waals surface area contributed by atoms with E-state index in [0.717, 1.165) is 5.56 Å². The highest BCUT2D eigenvalue weighted by molar-refractivity contribution is 7.92. The fraction of sp³-hybridized carbons (Fsp3) is 0.500. The van der Waals surface area contributed by atoms with Crippen LogP contribution >= 0.6 is 0 Å². The highest BCUT2D eigenvalue weighted by atomic mass is 32.2. The minimum absolute atomic E-state index is 0.0607. The third kappa shape index (κ3) is 4.68. The second kappa shape index (κ2) is 8.44. The van der Waals surface area contributed by atoms with Crippen LogP contribution in [0.2, 0.25) is 0 Å². The molecule has 0 unspecified atom stereocenters. The van der Waals surface area contributed by atoms with Crippen molar-refractivity contribution in [3.05, 3.63) is 41.3 Å². The van der Waals surface area contributed by atoms with Gasteiger partial charge < -0.3 is 4.90 Å². The molecule has 5 nitrogen and oxygen atoms in total. The summed E-state index contributed by atoms with van der Waals surface area (Å²) in [4.78, 5) is 14.2. The molecule has 0 aliphatic carbocycles. The van der Waals surface area contributed by atoms with Crippen LogP contribution in [0.1, 0.15) is 32.3 Å². The lowest BCUT2D eigenvalue weighted by molar-refractivity contribution is -0.136. The molecular weight excluding hydrogens is 324 g/mol. The lowest BCUT2D eigenvalue weighted by Crippen LogP contribution is -2.43. The number of sulfonamides is 1. The Morgan fingerprint density at radius 1 is 1.17 bits per heavy atom. The Labute approximate surface area is 145 Å². The Bertz CT molecular complexity index is 659. The van der Waals surface area contributed by atoms with Crippen molar-refractivity contribution < 1.29 is 13.2 Å². The molecule has 2 rings (SSSR count). The van der Waals surface area contributed by atoms with Gasteiger partial charge in [0.1, 0.15) is 0 Å². The molecule has 1 heterocycles. The first-order valence-corrected chi connectivity index (χ1v) is 10.00. The predicted molar refractivity (Wildman–Crippen MR) is 96.6 cm³/mol. The minimum atomic E-state index is -3.43. The molecule has 1 aliphatic rings. The van der Waals surface area contributed by atoms with Crippen LogP contribution in [0.4, 0.5) is 0 Å². The number of amides is 1. The Morgan fingerprint density at radius 3 is 2.29 bits per heavy atom. The van der Waals surface area contributed by atoms with Crippen molar-refractivity contribution in [1.82, 2.24) is 9.21 Å². The Kier molecular flexibility index (Phi) is 6.57. The van der Waals surface area contributed by atoms with Crippen molar-refractivity contribution in [2.24, 2.45) is 5.92 Å². The molecule has 1 fully saturated rings. The number of hydrogen-bond donors (Lipinski definition) is 0. The maximum Gasteiger partial charge on any atom is 0.236 e. The number of carbonyl (C=O) groups is 1. The van der Waals surface area contributed by atoms with Gasteiger partial charge >= 0.3 is 0 Å². The van der Waals surface area contributed by atoms with Gasteiger partial charge in [-0.1, -0.05) is 30.3 Å². The van der Waals surface area contributed by atoms with Gasteiger partial charge in [-0.25, -0.2) is 8.42 Å². The van der Waals surface area contributed by atoms with Gasteiger partial charge in [0, 0.05) is 37.5 Å². The summed E-state index contributed by atoms with van der Waals surface area (Å²) in [5, 5.41) is 1.26. The largest absolute Gasteiger partial charge is 0.343 e. The summed E-state index contributed by atoms with van der Waals surface area (Å²) in [6, 6.07) is 9.36. The van der Waals surface area contributed by atoms with E-state index in [-0.39, 0.29) is 11.8 Å². The summed E-state index contributed by atoms with van der Waals surface area (Å²) in [7, 11) is -3.43. The van der Waals surface area contributed by atoms with Crippen LogP contribution in [-0.2, 0) is 14.8 Å². The predicted octanol–water partition coefficient (Wildman–Crippen LogP) is 2.57. The van der Waals surface area contributed by atoms with Gasteiger partial charge in [-0.3, -0.25) is 4.79 Å². The zero-order valence-electron chi connectivity index (χ0n) is 14.4. The van der Waals surface area contributed by atoms with Crippen LogP contribution in [-0.4, -0.2) is 49.7 Å². The lowest BCUT2D eigenvalue weighted by atomic mass is 9.96. The average Bonchev–Trinajstić information content (AvgIpc) is 2.62. The van der Waals surface area contributed by atoms with E-state index >= 15 is 0 Å². The first kappa shape index (κ1) is 18.7. The van der Waals surface area contributed by atoms with Crippen LogP contribution in [0.3, 0.4) is 0 Å². The first-order valence-electron chi connectivity index (χ1n) is 8.50. The fourth-order valence-electron chi connectivity index (χ4n) is 2.97. The highest BCUT2D eigenvalue weighted by Gasteiger charge is 2.31. The second-order valence-electron chi connectivity index (χ2n) is 5.94. The van der Waals surface area contributed by atoms with Crippen LogP contribution in [0.15, 0.2) is 35.7 Å². The zero-order chi connectivity index (χ0) is 17.6. The number of carbonyl (C=O) groups excluding carboxylic acids is 1. The molecule has 0 atom stereocenters. The van der Waals surface area contributed by atoms with Crippen LogP contribution in [0.25, 0.3) is 6.08 Å². The lowest BCUT2D eigenvalue weighted by Gasteiger charge is -2.32. The maximum atomic E-state index is 12.4. The van der Waals surface area contributed by atoms with Crippen molar-refractivity contribution >= 4 is 22.0 Å². The Hall–Kier alpha value is -1.66. The third-order valence-corrected chi connectivity index (χ3v) is 6.04. The van der Waals surface area contributed by atoms with Gasteiger partial charge in [-0.05, 0) is 38.3 Å². The zero-order valence-corrected chi connectivity index (χ0v) is 15.2. The molecule has 0 saturated carbocycles. The van der Waals surface area contributed by atoms with Crippen LogP contribution < -0.4 is 0 Å². The molecule has 132 valence electrons. The van der Waals surface area contributed by atoms with Crippen molar-refractivity contribution in [3.8, 4) is 0 Å². The quantitative estimate of drug-likeness (QED) is 0.792. The standard InChI is InChI=1S/C18H26N2O3S/c1-3-19(4-2)18(21)17-10-13-20(14-11-17)24(22,23)15-12-16-8-6-5-7-9-16/h5-9,12,15,17H,3-4,10-11,13-14H2,1-2H3/b15-12+. The summed E-state index contributed by atoms with van der Waals surface area (Å²) in [6.45, 7) is 6.14. The van der Waals surface area contributed by atoms with Gasteiger partial charge in [-0.15, -0.1) is 0 Å². The second-order valence-corrected chi connectivity index (χ2v) is 7.76. The Balaban J connectivity index is 1.96. The summed E-state index contributed by atoms with van der Waals surface area (Å²) < 4.78 is 26.3. The summed E-state index contributed by atoms with van der Waals surface area (Å²) >= 11 is 0. The van der Waals surface area contributed by atoms with Crippen molar-refractivity contribution in [2.75, 3.05) is 26.2 Å². The van der Waals surface area contributed by atoms with Gasteiger partial charge in [0.2, 0.25) is 15.9 Å². The summed E-state index contributed by atoms with van der Waals surface area (Å²) in [5.74, 6) is 0.0892. The van der Waals surface area contributed by atoms with Gasteiger partial charge in [-0.2, -0.15) is 4.31 Å². The van der Waals surface area contributed by atoms with E-state index in [1.54, 1.807) is 6.08 Å². The van der Waals surface area contributed by atoms with Crippen LogP contribution in [0, 0.1) is 5.92 Å². The summed E-state index contributed by atoms with van der Waals surface area (Å²) in [5.41, 5.74) is 0.854. The molecule has 1 saturated heterocycles. The Morgan fingerprint density at radius 2 is 1.75 bits per heavy atom. The molecule has 1 aromatic rings. The van der Waals surface area contributed by atoms with E-state index in [4.69, 9.17) is 0 Å². The van der Waals surface area contributed by atoms with Crippen molar-refractivity contribution in [3.63, 3.8) is 0 Å². The molecule has 0 radical (unpaired) electrons. The van der Waals surface area contributed by atoms with Gasteiger partial charge in [0.15, 0.2) is 0 Å². The molecule has 0 spiro atoms. The van der Waals surface area contributed by atoms with Gasteiger partial charge in [0.05, 0.1) is 0 Å². The van der Waals surface area contributed by atoms with E-state index in [2.05, 4.69) is 0 Å². The molecule has 0 N–H and O–H groups in total. The van der Waals surface area contributed by atoms with E-state index in [1.807, 2.05) is 49.1 Å². The number of hydrogen-bond acceptors (Lipinski definition) is 3. The molecule has 1 aliphatic heterocycles. The van der Waals surface area contributed by atoms with Crippen molar-refractivity contribution in [2.45, 2.75) is 26.7 Å². The maximum absolute atomic E-state index is 12.4. The highest BCUT2D eigenvalue weighted by Crippen LogP contribution is 2.22. The number of benzene rings is 1. The first-order chi connectivity index (χ1) is 11.5. The number of piperidine rings is 1. The molecule has 0 aromatic heterocycles. The molecule has 1 amide bonds. The molecule has 0 bridgehead atoms. The smallest absolute Gasteiger partial charge is 0.236 e. The SMILES string of the molecule is CCN(CC)C(=O)C1CCN(S(=O)(=O)/C=C/c2ccccc2)CC1. The number of rotatable bonds is 6.